The van der Waals surface area contributed by atoms with Crippen molar-refractivity contribution >= 4 is 44.5 Å². The average Bonchev–Trinajstić information content (AvgIpc) is 3.90. The van der Waals surface area contributed by atoms with E-state index in [1.54, 1.807) is 30.3 Å². The number of benzene rings is 2. The Kier molecular flexibility index (Phi) is 9.43. The fraction of sp³-hybridized carbons (Fsp3) is 0.500. The lowest BCUT2D eigenvalue weighted by atomic mass is 10.0. The minimum Gasteiger partial charge on any atom is -0.445 e. The molecule has 2 aliphatic heterocycles. The number of aromatic nitrogens is 1. The summed E-state index contributed by atoms with van der Waals surface area (Å²) in [7, 11) is -4.05. The van der Waals surface area contributed by atoms with E-state index in [2.05, 4.69) is 20.3 Å². The van der Waals surface area contributed by atoms with Crippen LogP contribution in [0.2, 0.25) is 0 Å². The number of ether oxygens (including phenoxy) is 1. The van der Waals surface area contributed by atoms with Gasteiger partial charge in [0.15, 0.2) is 5.58 Å². The largest absolute Gasteiger partial charge is 0.445 e. The van der Waals surface area contributed by atoms with E-state index in [4.69, 9.17) is 9.15 Å². The van der Waals surface area contributed by atoms with E-state index in [1.807, 2.05) is 6.08 Å². The van der Waals surface area contributed by atoms with Crippen molar-refractivity contribution in [3.63, 3.8) is 0 Å². The minimum absolute atomic E-state index is 0.0875. The standard InChI is InChI=1S/C36H39F4N5O7S/c1-34(13-14-34)53(49,50)44-32(48)35-19-21(35)9-5-3-2-4-6-11-27(41-24-16-22(36(38,39)40)15-23(37)17-24)31(47)45-20-25(18-28(45)30(46)43-35)51-33-42-26-10-7-8-12-29(26)52-33/h5,7-10,12,15-17,21,25,27-28,41H,2-4,6,11,13-14,18-20H2,1H3,(H,43,46)(H,44,48)/b9-5-/t21-,25-,27+,28+,35-/m1/s1. The van der Waals surface area contributed by atoms with E-state index in [0.29, 0.717) is 55.7 Å². The molecule has 0 bridgehead atoms. The quantitative estimate of drug-likeness (QED) is 0.217. The molecule has 3 aromatic rings. The minimum atomic E-state index is -4.84. The van der Waals surface area contributed by atoms with E-state index in [1.165, 1.54) is 11.8 Å². The molecule has 0 unspecified atom stereocenters. The average molecular weight is 762 g/mol. The first-order valence-electron chi connectivity index (χ1n) is 17.6. The molecule has 2 aliphatic carbocycles. The molecule has 3 amide bonds. The number of amides is 3. The van der Waals surface area contributed by atoms with Gasteiger partial charge in [0.05, 0.1) is 16.9 Å². The number of nitrogens with zero attached hydrogens (tertiary/aromatic N) is 2. The van der Waals surface area contributed by atoms with E-state index in [-0.39, 0.29) is 37.6 Å². The van der Waals surface area contributed by atoms with Crippen LogP contribution in [0.4, 0.5) is 23.2 Å². The van der Waals surface area contributed by atoms with Crippen LogP contribution in [0.3, 0.4) is 0 Å². The molecular formula is C36H39F4N5O7S. The number of carbonyl (C=O) groups is 3. The highest BCUT2D eigenvalue weighted by molar-refractivity contribution is 7.91. The molecule has 53 heavy (non-hydrogen) atoms. The maximum atomic E-state index is 14.4. The van der Waals surface area contributed by atoms with Crippen LogP contribution in [-0.4, -0.2) is 71.0 Å². The Hall–Kier alpha value is -4.67. The van der Waals surface area contributed by atoms with E-state index < -0.39 is 79.7 Å². The van der Waals surface area contributed by atoms with Gasteiger partial charge >= 0.3 is 12.3 Å². The molecule has 0 spiro atoms. The number of allylic oxidation sites excluding steroid dienone is 1. The lowest BCUT2D eigenvalue weighted by Crippen LogP contribution is -2.58. The number of carbonyl (C=O) groups excluding carboxylic acids is 3. The second kappa shape index (κ2) is 13.6. The molecule has 284 valence electrons. The number of hydrogen-bond acceptors (Lipinski definition) is 9. The van der Waals surface area contributed by atoms with Gasteiger partial charge in [-0.2, -0.15) is 18.2 Å². The van der Waals surface area contributed by atoms with Crippen molar-refractivity contribution in [1.29, 1.82) is 0 Å². The third kappa shape index (κ3) is 7.57. The van der Waals surface area contributed by atoms with E-state index >= 15 is 0 Å². The van der Waals surface area contributed by atoms with Crippen molar-refractivity contribution in [1.82, 2.24) is 19.9 Å². The summed E-state index contributed by atoms with van der Waals surface area (Å²) in [5.74, 6) is -3.94. The second-order valence-electron chi connectivity index (χ2n) is 14.6. The van der Waals surface area contributed by atoms with Crippen LogP contribution in [-0.2, 0) is 30.6 Å². The van der Waals surface area contributed by atoms with Gasteiger partial charge in [-0.1, -0.05) is 37.1 Å². The molecule has 1 saturated heterocycles. The predicted molar refractivity (Wildman–Crippen MR) is 183 cm³/mol. The van der Waals surface area contributed by atoms with Crippen LogP contribution in [0.5, 0.6) is 6.08 Å². The number of halogens is 4. The van der Waals surface area contributed by atoms with Crippen LogP contribution in [0.15, 0.2) is 59.0 Å². The number of para-hydroxylation sites is 2. The summed E-state index contributed by atoms with van der Waals surface area (Å²) in [5, 5.41) is 5.57. The molecule has 4 aliphatic rings. The van der Waals surface area contributed by atoms with Gasteiger partial charge in [0.25, 0.3) is 5.91 Å². The highest BCUT2D eigenvalue weighted by Gasteiger charge is 2.63. The highest BCUT2D eigenvalue weighted by atomic mass is 32.2. The van der Waals surface area contributed by atoms with Gasteiger partial charge in [-0.25, -0.2) is 12.8 Å². The van der Waals surface area contributed by atoms with Gasteiger partial charge in [0.1, 0.15) is 35.1 Å². The van der Waals surface area contributed by atoms with Crippen LogP contribution < -0.4 is 20.1 Å². The van der Waals surface area contributed by atoms with Gasteiger partial charge in [0, 0.05) is 18.0 Å². The Morgan fingerprint density at radius 1 is 1.11 bits per heavy atom. The van der Waals surface area contributed by atoms with Crippen LogP contribution >= 0.6 is 0 Å². The number of alkyl halides is 3. The third-order valence-corrected chi connectivity index (χ3v) is 12.7. The SMILES string of the molecule is CC1(S(=O)(=O)NC(=O)[C@@]23C[C@H]2/C=C\CCCCC[C@H](Nc2cc(F)cc(C(F)(F)F)c2)C(=O)N2C[C@H](Oc4nc5ccccc5o4)C[C@H]2C(=O)N3)CC1. The maximum Gasteiger partial charge on any atom is 0.416 e. The van der Waals surface area contributed by atoms with Crippen LogP contribution in [0.25, 0.3) is 11.1 Å². The number of sulfonamides is 1. The lowest BCUT2D eigenvalue weighted by Gasteiger charge is -2.30. The van der Waals surface area contributed by atoms with E-state index in [9.17, 15) is 40.4 Å². The number of hydrogen-bond donors (Lipinski definition) is 3. The summed E-state index contributed by atoms with van der Waals surface area (Å²) < 4.78 is 94.1. The first-order chi connectivity index (χ1) is 25.1. The second-order valence-corrected chi connectivity index (χ2v) is 16.8. The number of rotatable bonds is 7. The Morgan fingerprint density at radius 2 is 1.89 bits per heavy atom. The lowest BCUT2D eigenvalue weighted by molar-refractivity contribution is -0.140. The summed E-state index contributed by atoms with van der Waals surface area (Å²) in [6, 6.07) is 6.42. The Bertz CT molecular complexity index is 2030. The summed E-state index contributed by atoms with van der Waals surface area (Å²) >= 11 is 0. The van der Waals surface area contributed by atoms with Crippen molar-refractivity contribution in [2.24, 2.45) is 5.92 Å². The van der Waals surface area contributed by atoms with Crippen LogP contribution in [0.1, 0.15) is 70.3 Å². The number of anilines is 1. The number of nitrogens with one attached hydrogen (secondary N) is 3. The molecule has 3 N–H and O–H groups in total. The molecule has 7 rings (SSSR count). The maximum absolute atomic E-state index is 14.4. The van der Waals surface area contributed by atoms with Crippen molar-refractivity contribution in [2.45, 2.75) is 99.4 Å². The van der Waals surface area contributed by atoms with Crippen molar-refractivity contribution in [3.8, 4) is 6.08 Å². The van der Waals surface area contributed by atoms with Gasteiger partial charge in [0.2, 0.25) is 21.8 Å². The topological polar surface area (TPSA) is 160 Å². The molecule has 2 saturated carbocycles. The normalized spacial score (nSPS) is 28.1. The summed E-state index contributed by atoms with van der Waals surface area (Å²) in [6.07, 6.45) is 1.18. The molecule has 2 aromatic carbocycles. The Morgan fingerprint density at radius 3 is 2.62 bits per heavy atom. The summed E-state index contributed by atoms with van der Waals surface area (Å²) in [6.45, 7) is 1.37. The first-order valence-corrected chi connectivity index (χ1v) is 19.1. The molecule has 0 radical (unpaired) electrons. The highest BCUT2D eigenvalue weighted by Crippen LogP contribution is 2.47. The van der Waals surface area contributed by atoms with Gasteiger partial charge in [-0.3, -0.25) is 19.1 Å². The smallest absolute Gasteiger partial charge is 0.416 e. The zero-order valence-electron chi connectivity index (χ0n) is 28.7. The summed E-state index contributed by atoms with van der Waals surface area (Å²) in [5.41, 5.74) is -2.15. The van der Waals surface area contributed by atoms with E-state index in [0.717, 1.165) is 12.1 Å². The zero-order chi connectivity index (χ0) is 37.8. The Labute approximate surface area is 302 Å². The van der Waals surface area contributed by atoms with Crippen molar-refractivity contribution < 1.29 is 49.5 Å². The predicted octanol–water partition coefficient (Wildman–Crippen LogP) is 5.21. The molecule has 12 nitrogen and oxygen atoms in total. The molecule has 1 aromatic heterocycles. The molecule has 3 fully saturated rings. The number of oxazole rings is 1. The first kappa shape index (κ1) is 36.7. The van der Waals surface area contributed by atoms with Gasteiger partial charge in [-0.05, 0) is 75.8 Å². The van der Waals surface area contributed by atoms with Crippen LogP contribution in [0, 0.1) is 11.7 Å². The van der Waals surface area contributed by atoms with Crippen molar-refractivity contribution in [2.75, 3.05) is 11.9 Å². The fourth-order valence-electron chi connectivity index (χ4n) is 7.03. The third-order valence-electron chi connectivity index (χ3n) is 10.6. The molecular weight excluding hydrogens is 722 g/mol. The number of fused-ring (bicyclic) bond motifs is 3. The molecule has 5 atom stereocenters. The zero-order valence-corrected chi connectivity index (χ0v) is 29.6. The summed E-state index contributed by atoms with van der Waals surface area (Å²) in [4.78, 5) is 48.0. The monoisotopic (exact) mass is 761 g/mol. The Balaban J connectivity index is 1.20. The molecule has 3 heterocycles. The van der Waals surface area contributed by atoms with Gasteiger partial charge in [-0.15, -0.1) is 0 Å². The van der Waals surface area contributed by atoms with Crippen molar-refractivity contribution in [3.05, 3.63) is 66.0 Å². The fourth-order valence-corrected chi connectivity index (χ4v) is 8.34. The van der Waals surface area contributed by atoms with Gasteiger partial charge < -0.3 is 24.7 Å². The molecule has 17 heteroatoms.